The Morgan fingerprint density at radius 1 is 1.18 bits per heavy atom. The van der Waals surface area contributed by atoms with Gasteiger partial charge in [-0.25, -0.2) is 0 Å². The van der Waals surface area contributed by atoms with Crippen molar-refractivity contribution >= 4 is 27.1 Å². The van der Waals surface area contributed by atoms with Crippen LogP contribution in [-0.2, 0) is 10.4 Å². The number of phenolic OH excluding ortho intramolecular Hbond substituents is 1. The lowest BCUT2D eigenvalue weighted by Gasteiger charge is -2.10. The minimum absolute atomic E-state index is 0.111. The van der Waals surface area contributed by atoms with Crippen LogP contribution < -0.4 is 14.3 Å². The lowest BCUT2D eigenvalue weighted by molar-refractivity contribution is -0.384. The van der Waals surface area contributed by atoms with Crippen LogP contribution in [-0.4, -0.2) is 30.1 Å². The molecule has 0 fully saturated rings. The molecule has 28 heavy (non-hydrogen) atoms. The molecule has 0 amide bonds. The summed E-state index contributed by atoms with van der Waals surface area (Å²) < 4.78 is 45.8. The van der Waals surface area contributed by atoms with Crippen LogP contribution in [0.1, 0.15) is 0 Å². The van der Waals surface area contributed by atoms with Crippen molar-refractivity contribution in [3.8, 4) is 28.6 Å². The molecule has 0 aliphatic rings. The zero-order valence-corrected chi connectivity index (χ0v) is 14.8. The average molecular weight is 409 g/mol. The Balaban J connectivity index is 2.44. The number of nitro groups is 1. The van der Waals surface area contributed by atoms with Gasteiger partial charge in [0.05, 0.1) is 29.0 Å². The van der Waals surface area contributed by atoms with E-state index in [0.717, 1.165) is 18.2 Å². The summed E-state index contributed by atoms with van der Waals surface area (Å²) in [5, 5.41) is 20.9. The smallest absolute Gasteiger partial charge is 0.449 e. The Morgan fingerprint density at radius 3 is 2.50 bits per heavy atom. The maximum Gasteiger partial charge on any atom is 0.449 e. The first-order chi connectivity index (χ1) is 13.1. The summed E-state index contributed by atoms with van der Waals surface area (Å²) in [6.45, 7) is 0. The zero-order chi connectivity index (χ0) is 20.6. The predicted molar refractivity (Wildman–Crippen MR) is 95.0 cm³/mol. The van der Waals surface area contributed by atoms with E-state index in [-0.39, 0.29) is 28.0 Å². The van der Waals surface area contributed by atoms with Crippen molar-refractivity contribution in [1.82, 2.24) is 0 Å². The van der Waals surface area contributed by atoms with E-state index in [1.54, 1.807) is 0 Å². The fraction of sp³-hybridized carbons (Fsp3) is 0.0625. The summed E-state index contributed by atoms with van der Waals surface area (Å²) in [6, 6.07) is 6.85. The highest BCUT2D eigenvalue weighted by atomic mass is 32.3. The van der Waals surface area contributed by atoms with E-state index in [0.29, 0.717) is 0 Å². The molecule has 0 unspecified atom stereocenters. The summed E-state index contributed by atoms with van der Waals surface area (Å²) in [4.78, 5) is 23.6. The molecule has 3 aromatic rings. The van der Waals surface area contributed by atoms with E-state index in [1.807, 2.05) is 0 Å². The van der Waals surface area contributed by atoms with E-state index in [1.165, 1.54) is 25.3 Å². The normalized spacial score (nSPS) is 11.4. The van der Waals surface area contributed by atoms with Gasteiger partial charge in [-0.3, -0.25) is 19.5 Å². The number of nitrogens with zero attached hydrogens (tertiary/aromatic N) is 1. The largest absolute Gasteiger partial charge is 0.508 e. The highest BCUT2D eigenvalue weighted by Gasteiger charge is 2.28. The molecule has 0 saturated carbocycles. The maximum absolute atomic E-state index is 12.9. The fourth-order valence-corrected chi connectivity index (χ4v) is 2.86. The lowest BCUT2D eigenvalue weighted by atomic mass is 10.0. The second-order valence-corrected chi connectivity index (χ2v) is 6.45. The number of hydrogen-bond donors (Lipinski definition) is 2. The Kier molecular flexibility index (Phi) is 4.66. The summed E-state index contributed by atoms with van der Waals surface area (Å²) >= 11 is 0. The molecule has 0 aliphatic heterocycles. The van der Waals surface area contributed by atoms with Crippen molar-refractivity contribution in [3.63, 3.8) is 0 Å². The van der Waals surface area contributed by atoms with Crippen LogP contribution in [0.3, 0.4) is 0 Å². The summed E-state index contributed by atoms with van der Waals surface area (Å²) in [5.74, 6) is -1.18. The van der Waals surface area contributed by atoms with E-state index in [9.17, 15) is 28.4 Å². The van der Waals surface area contributed by atoms with Crippen molar-refractivity contribution in [3.05, 3.63) is 56.7 Å². The summed E-state index contributed by atoms with van der Waals surface area (Å²) in [7, 11) is -3.86. The van der Waals surface area contributed by atoms with E-state index < -0.39 is 37.9 Å². The molecule has 1 aromatic heterocycles. The number of rotatable bonds is 5. The van der Waals surface area contributed by atoms with Crippen LogP contribution in [0.2, 0.25) is 0 Å². The quantitative estimate of drug-likeness (QED) is 0.362. The molecule has 0 atom stereocenters. The molecular formula is C16H11NO10S. The van der Waals surface area contributed by atoms with Crippen molar-refractivity contribution in [2.45, 2.75) is 0 Å². The average Bonchev–Trinajstić information content (AvgIpc) is 2.60. The number of hydrogen-bond acceptors (Lipinski definition) is 9. The van der Waals surface area contributed by atoms with Gasteiger partial charge < -0.3 is 18.4 Å². The number of nitro benzene ring substituents is 1. The summed E-state index contributed by atoms with van der Waals surface area (Å²) in [5.41, 5.74) is -2.67. The number of fused-ring (bicyclic) bond motifs is 1. The van der Waals surface area contributed by atoms with Crippen LogP contribution >= 0.6 is 0 Å². The van der Waals surface area contributed by atoms with Crippen molar-refractivity contribution < 1.29 is 36.3 Å². The second kappa shape index (κ2) is 6.83. The number of aromatic hydroxyl groups is 1. The van der Waals surface area contributed by atoms with Gasteiger partial charge in [0.25, 0.3) is 5.69 Å². The van der Waals surface area contributed by atoms with Gasteiger partial charge in [0.1, 0.15) is 22.6 Å². The van der Waals surface area contributed by atoms with Gasteiger partial charge in [-0.2, -0.15) is 8.42 Å². The third kappa shape index (κ3) is 3.58. The van der Waals surface area contributed by atoms with Crippen LogP contribution in [0, 0.1) is 10.1 Å². The molecule has 0 radical (unpaired) electrons. The SMILES string of the molecule is COc1ccc(-c2c(OS(=O)(=O)O)oc3cc(O)ccc3c2=O)c([N+](=O)[O-])c1. The highest BCUT2D eigenvalue weighted by Crippen LogP contribution is 2.38. The van der Waals surface area contributed by atoms with Gasteiger partial charge in [-0.05, 0) is 24.3 Å². The zero-order valence-electron chi connectivity index (χ0n) is 14.0. The third-order valence-corrected chi connectivity index (χ3v) is 4.06. The molecule has 0 saturated heterocycles. The molecule has 146 valence electrons. The first-order valence-electron chi connectivity index (χ1n) is 7.40. The van der Waals surface area contributed by atoms with E-state index in [4.69, 9.17) is 13.7 Å². The number of benzene rings is 2. The topological polar surface area (TPSA) is 166 Å². The number of ether oxygens (including phenoxy) is 1. The van der Waals surface area contributed by atoms with Gasteiger partial charge >= 0.3 is 16.3 Å². The van der Waals surface area contributed by atoms with Crippen LogP contribution in [0.4, 0.5) is 5.69 Å². The molecule has 1 heterocycles. The van der Waals surface area contributed by atoms with Crippen LogP contribution in [0.5, 0.6) is 17.4 Å². The summed E-state index contributed by atoms with van der Waals surface area (Å²) in [6.07, 6.45) is 0. The van der Waals surface area contributed by atoms with Crippen molar-refractivity contribution in [2.75, 3.05) is 7.11 Å². The molecule has 12 heteroatoms. The second-order valence-electron chi connectivity index (χ2n) is 5.43. The third-order valence-electron chi connectivity index (χ3n) is 3.70. The van der Waals surface area contributed by atoms with Gasteiger partial charge in [-0.15, -0.1) is 0 Å². The van der Waals surface area contributed by atoms with Crippen LogP contribution in [0.25, 0.3) is 22.1 Å². The highest BCUT2D eigenvalue weighted by molar-refractivity contribution is 7.81. The van der Waals surface area contributed by atoms with E-state index in [2.05, 4.69) is 4.18 Å². The van der Waals surface area contributed by atoms with Gasteiger partial charge in [0.15, 0.2) is 0 Å². The molecule has 3 rings (SSSR count). The number of phenols is 1. The molecule has 0 bridgehead atoms. The molecule has 2 aromatic carbocycles. The Hall–Kier alpha value is -3.64. The Labute approximate surface area is 156 Å². The number of methoxy groups -OCH3 is 1. The van der Waals surface area contributed by atoms with E-state index >= 15 is 0 Å². The van der Waals surface area contributed by atoms with Crippen molar-refractivity contribution in [1.29, 1.82) is 0 Å². The fourth-order valence-electron chi connectivity index (χ4n) is 2.55. The van der Waals surface area contributed by atoms with Gasteiger partial charge in [-0.1, -0.05) is 0 Å². The Morgan fingerprint density at radius 2 is 1.89 bits per heavy atom. The lowest BCUT2D eigenvalue weighted by Crippen LogP contribution is -2.13. The first-order valence-corrected chi connectivity index (χ1v) is 8.77. The first kappa shape index (κ1) is 19.1. The molecule has 0 aliphatic carbocycles. The van der Waals surface area contributed by atoms with Gasteiger partial charge in [0.2, 0.25) is 5.43 Å². The molecule has 11 nitrogen and oxygen atoms in total. The molecule has 0 spiro atoms. The minimum Gasteiger partial charge on any atom is -0.508 e. The van der Waals surface area contributed by atoms with Crippen molar-refractivity contribution in [2.24, 2.45) is 0 Å². The maximum atomic E-state index is 12.9. The molecule has 2 N–H and O–H groups in total. The standard InChI is InChI=1S/C16H11NO10S/c1-25-9-3-5-10(12(7-9)17(20)21)14-15(19)11-4-2-8(18)6-13(11)26-16(14)27-28(22,23)24/h2-7,18H,1H3,(H,22,23,24). The molecular weight excluding hydrogens is 398 g/mol. The minimum atomic E-state index is -5.14. The predicted octanol–water partition coefficient (Wildman–Crippen LogP) is 2.26. The van der Waals surface area contributed by atoms with Gasteiger partial charge in [0, 0.05) is 6.07 Å². The van der Waals surface area contributed by atoms with Crippen LogP contribution in [0.15, 0.2) is 45.6 Å². The monoisotopic (exact) mass is 409 g/mol. The Bertz CT molecular complexity index is 1260.